The van der Waals surface area contributed by atoms with Crippen LogP contribution in [0.2, 0.25) is 0 Å². The van der Waals surface area contributed by atoms with Crippen molar-refractivity contribution in [3.63, 3.8) is 0 Å². The van der Waals surface area contributed by atoms with Gasteiger partial charge in [0.25, 0.3) is 0 Å². The van der Waals surface area contributed by atoms with Gasteiger partial charge in [0, 0.05) is 32.9 Å². The van der Waals surface area contributed by atoms with Gasteiger partial charge in [0.1, 0.15) is 17.2 Å². The van der Waals surface area contributed by atoms with Gasteiger partial charge in [-0.05, 0) is 0 Å². The van der Waals surface area contributed by atoms with E-state index in [0.29, 0.717) is 6.29 Å². The van der Waals surface area contributed by atoms with Crippen molar-refractivity contribution in [1.29, 1.82) is 0 Å². The number of hydrogen-bond donors (Lipinski definition) is 0. The zero-order valence-electron chi connectivity index (χ0n) is 19.9. The van der Waals surface area contributed by atoms with Crippen molar-refractivity contribution in [1.82, 2.24) is 0 Å². The second-order valence-electron chi connectivity index (χ2n) is 7.15. The normalized spacial score (nSPS) is 23.3. The van der Waals surface area contributed by atoms with Gasteiger partial charge in [-0.3, -0.25) is 19.2 Å². The van der Waals surface area contributed by atoms with Gasteiger partial charge in [-0.2, -0.15) is 0 Å². The minimum absolute atomic E-state index is 0.0163. The monoisotopic (exact) mass is 498 g/mol. The van der Waals surface area contributed by atoms with Gasteiger partial charge >= 0.3 is 23.9 Å². The molecule has 0 N–H and O–H groups in total. The highest BCUT2D eigenvalue weighted by Crippen LogP contribution is 2.36. The first-order chi connectivity index (χ1) is 16.6. The van der Waals surface area contributed by atoms with Crippen LogP contribution in [0.3, 0.4) is 0 Å². The maximum Gasteiger partial charge on any atom is 0.339 e. The molecule has 13 heteroatoms. The number of esters is 4. The molecule has 5 atom stereocenters. The van der Waals surface area contributed by atoms with Crippen molar-refractivity contribution in [3.8, 4) is 17.2 Å². The molecule has 0 spiro atoms. The minimum atomic E-state index is -1.62. The molecule has 1 fully saturated rings. The van der Waals surface area contributed by atoms with Gasteiger partial charge in [0.15, 0.2) is 24.6 Å². The molecule has 0 radical (unpaired) electrons. The zero-order valence-corrected chi connectivity index (χ0v) is 19.9. The number of aldehydes is 1. The van der Waals surface area contributed by atoms with E-state index in [1.54, 1.807) is 0 Å². The zero-order chi connectivity index (χ0) is 26.3. The summed E-state index contributed by atoms with van der Waals surface area (Å²) in [5.74, 6) is -3.25. The quantitative estimate of drug-likeness (QED) is 0.265. The Bertz CT molecular complexity index is 947. The molecule has 1 heterocycles. The summed E-state index contributed by atoms with van der Waals surface area (Å²) < 4.78 is 42.4. The van der Waals surface area contributed by atoms with E-state index in [-0.39, 0.29) is 22.8 Å². The molecule has 0 aliphatic carbocycles. The fraction of sp³-hybridized carbons (Fsp3) is 0.500. The Kier molecular flexibility index (Phi) is 9.40. The van der Waals surface area contributed by atoms with Gasteiger partial charge < -0.3 is 37.9 Å². The van der Waals surface area contributed by atoms with Crippen molar-refractivity contribution in [3.05, 3.63) is 17.7 Å². The molecular weight excluding hydrogens is 472 g/mol. The SMILES string of the molecule is COC(=O)[C@H]1O[C@@H](Oc2cc(OC)c(C=O)c(OC)c2)[C@H](OC(C)=O)[C@@H](OC(C)=O)[C@@H]1OC(C)=O. The third-order valence-corrected chi connectivity index (χ3v) is 4.72. The lowest BCUT2D eigenvalue weighted by Gasteiger charge is -2.43. The van der Waals surface area contributed by atoms with Crippen molar-refractivity contribution < 1.29 is 61.9 Å². The van der Waals surface area contributed by atoms with Crippen molar-refractivity contribution in [2.24, 2.45) is 0 Å². The van der Waals surface area contributed by atoms with Crippen LogP contribution in [0, 0.1) is 0 Å². The summed E-state index contributed by atoms with van der Waals surface area (Å²) in [5.41, 5.74) is 0.101. The summed E-state index contributed by atoms with van der Waals surface area (Å²) in [6.45, 7) is 3.22. The predicted molar refractivity (Wildman–Crippen MR) is 113 cm³/mol. The van der Waals surface area contributed by atoms with Gasteiger partial charge in [0.2, 0.25) is 12.4 Å². The number of methoxy groups -OCH3 is 3. The molecule has 1 aliphatic heterocycles. The highest BCUT2D eigenvalue weighted by Gasteiger charge is 2.55. The van der Waals surface area contributed by atoms with Crippen molar-refractivity contribution >= 4 is 30.2 Å². The molecule has 13 nitrogen and oxygen atoms in total. The summed E-state index contributed by atoms with van der Waals surface area (Å²) in [5, 5.41) is 0. The number of benzene rings is 1. The lowest BCUT2D eigenvalue weighted by atomic mass is 9.97. The average molecular weight is 498 g/mol. The van der Waals surface area contributed by atoms with E-state index < -0.39 is 54.6 Å². The maximum absolute atomic E-state index is 12.5. The Labute approximate surface area is 200 Å². The summed E-state index contributed by atoms with van der Waals surface area (Å²) in [6.07, 6.45) is -7.22. The molecule has 0 unspecified atom stereocenters. The van der Waals surface area contributed by atoms with Crippen LogP contribution in [-0.4, -0.2) is 82.2 Å². The number of carbonyl (C=O) groups is 5. The van der Waals surface area contributed by atoms with Crippen LogP contribution < -0.4 is 14.2 Å². The van der Waals surface area contributed by atoms with Gasteiger partial charge in [-0.15, -0.1) is 0 Å². The molecule has 2 rings (SSSR count). The van der Waals surface area contributed by atoms with E-state index in [2.05, 4.69) is 0 Å². The number of hydrogen-bond acceptors (Lipinski definition) is 13. The molecule has 1 aromatic carbocycles. The first-order valence-electron chi connectivity index (χ1n) is 10.2. The van der Waals surface area contributed by atoms with Gasteiger partial charge in [-0.25, -0.2) is 4.79 Å². The molecule has 1 aromatic rings. The predicted octanol–water partition coefficient (Wildman–Crippen LogP) is 0.588. The lowest BCUT2D eigenvalue weighted by Crippen LogP contribution is -2.64. The van der Waals surface area contributed by atoms with E-state index in [9.17, 15) is 24.0 Å². The van der Waals surface area contributed by atoms with Crippen molar-refractivity contribution in [2.75, 3.05) is 21.3 Å². The summed E-state index contributed by atoms with van der Waals surface area (Å²) in [7, 11) is 3.70. The van der Waals surface area contributed by atoms with Gasteiger partial charge in [0.05, 0.1) is 26.9 Å². The fourth-order valence-electron chi connectivity index (χ4n) is 3.41. The number of carbonyl (C=O) groups excluding carboxylic acids is 5. The molecule has 0 aromatic heterocycles. The van der Waals surface area contributed by atoms with E-state index in [0.717, 1.165) is 27.9 Å². The largest absolute Gasteiger partial charge is 0.496 e. The molecule has 0 saturated carbocycles. The second kappa shape index (κ2) is 12.0. The van der Waals surface area contributed by atoms with Crippen LogP contribution in [0.4, 0.5) is 0 Å². The molecule has 0 bridgehead atoms. The average Bonchev–Trinajstić information content (AvgIpc) is 2.80. The van der Waals surface area contributed by atoms with E-state index >= 15 is 0 Å². The molecular formula is C22H26O13. The van der Waals surface area contributed by atoms with Crippen molar-refractivity contribution in [2.45, 2.75) is 51.5 Å². The molecule has 1 aliphatic rings. The minimum Gasteiger partial charge on any atom is -0.496 e. The number of rotatable bonds is 9. The number of ether oxygens (including phenoxy) is 8. The molecule has 0 amide bonds. The van der Waals surface area contributed by atoms with Crippen LogP contribution >= 0.6 is 0 Å². The summed E-state index contributed by atoms with van der Waals surface area (Å²) in [6, 6.07) is 2.65. The standard InChI is InChI=1S/C22H26O13/c1-10(24)31-17-18(32-11(2)25)20(33-12(3)26)22(35-19(17)21(27)30-6)34-13-7-15(28-4)14(9-23)16(8-13)29-5/h7-9,17-20,22H,1-6H3/t17-,18-,19-,20+,22+/m0/s1. The van der Waals surface area contributed by atoms with E-state index in [1.165, 1.54) is 26.4 Å². The summed E-state index contributed by atoms with van der Waals surface area (Å²) >= 11 is 0. The van der Waals surface area contributed by atoms with Crippen LogP contribution in [0.15, 0.2) is 12.1 Å². The third kappa shape index (κ3) is 6.59. The smallest absolute Gasteiger partial charge is 0.339 e. The Morgan fingerprint density at radius 1 is 0.800 bits per heavy atom. The van der Waals surface area contributed by atoms with E-state index in [1.807, 2.05) is 0 Å². The highest BCUT2D eigenvalue weighted by molar-refractivity contribution is 5.84. The Balaban J connectivity index is 2.59. The first-order valence-corrected chi connectivity index (χ1v) is 10.2. The summed E-state index contributed by atoms with van der Waals surface area (Å²) in [4.78, 5) is 59.4. The van der Waals surface area contributed by atoms with Crippen LogP contribution in [-0.2, 0) is 42.9 Å². The maximum atomic E-state index is 12.5. The Morgan fingerprint density at radius 2 is 1.29 bits per heavy atom. The first kappa shape index (κ1) is 27.4. The third-order valence-electron chi connectivity index (χ3n) is 4.72. The second-order valence-corrected chi connectivity index (χ2v) is 7.15. The van der Waals surface area contributed by atoms with Gasteiger partial charge in [-0.1, -0.05) is 0 Å². The lowest BCUT2D eigenvalue weighted by molar-refractivity contribution is -0.282. The molecule has 1 saturated heterocycles. The van der Waals surface area contributed by atoms with Crippen LogP contribution in [0.1, 0.15) is 31.1 Å². The molecule has 35 heavy (non-hydrogen) atoms. The van der Waals surface area contributed by atoms with Crippen LogP contribution in [0.5, 0.6) is 17.2 Å². The fourth-order valence-corrected chi connectivity index (χ4v) is 3.41. The van der Waals surface area contributed by atoms with Crippen LogP contribution in [0.25, 0.3) is 0 Å². The highest BCUT2D eigenvalue weighted by atomic mass is 16.7. The Morgan fingerprint density at radius 3 is 1.71 bits per heavy atom. The topological polar surface area (TPSA) is 159 Å². The van der Waals surface area contributed by atoms with E-state index in [4.69, 9.17) is 37.9 Å². The Hall–Kier alpha value is -3.87. The molecule has 192 valence electrons.